The third-order valence-corrected chi connectivity index (χ3v) is 5.70. The normalized spacial score (nSPS) is 15.5. The first-order valence-corrected chi connectivity index (χ1v) is 8.93. The van der Waals surface area contributed by atoms with Gasteiger partial charge in [0.05, 0.1) is 0 Å². The monoisotopic (exact) mass is 343 g/mol. The van der Waals surface area contributed by atoms with Crippen molar-refractivity contribution < 1.29 is 9.47 Å². The Hall–Kier alpha value is -2.94. The minimum atomic E-state index is 0.0116. The zero-order valence-electron chi connectivity index (χ0n) is 15.2. The van der Waals surface area contributed by atoms with Crippen molar-refractivity contribution in [3.8, 4) is 22.6 Å². The van der Waals surface area contributed by atoms with Gasteiger partial charge in [-0.2, -0.15) is 0 Å². The number of hydrogen-bond donors (Lipinski definition) is 0. The van der Waals surface area contributed by atoms with Gasteiger partial charge in [0.15, 0.2) is 11.5 Å². The van der Waals surface area contributed by atoms with Gasteiger partial charge in [-0.3, -0.25) is 0 Å². The van der Waals surface area contributed by atoms with Gasteiger partial charge >= 0.3 is 0 Å². The quantitative estimate of drug-likeness (QED) is 0.614. The molecule has 0 amide bonds. The molecule has 3 nitrogen and oxygen atoms in total. The highest BCUT2D eigenvalue weighted by Gasteiger charge is 2.35. The van der Waals surface area contributed by atoms with Gasteiger partial charge in [-0.25, -0.2) is 0 Å². The average Bonchev–Trinajstić information content (AvgIpc) is 3.22. The Kier molecular flexibility index (Phi) is 3.11. The first-order valence-electron chi connectivity index (χ1n) is 8.93. The molecule has 0 fully saturated rings. The fourth-order valence-electron chi connectivity index (χ4n) is 4.14. The molecule has 0 atom stereocenters. The van der Waals surface area contributed by atoms with Gasteiger partial charge in [-0.15, -0.1) is 0 Å². The maximum Gasteiger partial charge on any atom is 0.231 e. The Bertz CT molecular complexity index is 1020. The first kappa shape index (κ1) is 15.3. The molecule has 0 spiro atoms. The lowest BCUT2D eigenvalue weighted by atomic mass is 9.82. The number of benzene rings is 3. The van der Waals surface area contributed by atoms with Crippen LogP contribution >= 0.6 is 0 Å². The van der Waals surface area contributed by atoms with E-state index in [9.17, 15) is 0 Å². The molecule has 1 heterocycles. The average molecular weight is 343 g/mol. The molecule has 1 aliphatic carbocycles. The molecular formula is C23H21NO2. The SMILES string of the molecule is CN(c1ccc2c(c1)OCO2)c1ccc2c(c1)C(C)(C)c1ccccc1-2. The Balaban J connectivity index is 1.57. The molecule has 0 aromatic heterocycles. The summed E-state index contributed by atoms with van der Waals surface area (Å²) >= 11 is 0. The number of fused-ring (bicyclic) bond motifs is 4. The van der Waals surface area contributed by atoms with Crippen LogP contribution in [0.3, 0.4) is 0 Å². The summed E-state index contributed by atoms with van der Waals surface area (Å²) in [4.78, 5) is 2.20. The molecule has 2 aliphatic rings. The molecular weight excluding hydrogens is 322 g/mol. The van der Waals surface area contributed by atoms with Crippen LogP contribution < -0.4 is 14.4 Å². The van der Waals surface area contributed by atoms with Crippen LogP contribution in [0.25, 0.3) is 11.1 Å². The second-order valence-corrected chi connectivity index (χ2v) is 7.50. The molecule has 0 unspecified atom stereocenters. The molecule has 0 N–H and O–H groups in total. The van der Waals surface area contributed by atoms with Crippen molar-refractivity contribution in [2.24, 2.45) is 0 Å². The Morgan fingerprint density at radius 2 is 1.46 bits per heavy atom. The van der Waals surface area contributed by atoms with Crippen molar-refractivity contribution in [2.45, 2.75) is 19.3 Å². The van der Waals surface area contributed by atoms with Gasteiger partial charge in [0.25, 0.3) is 0 Å². The number of anilines is 2. The second-order valence-electron chi connectivity index (χ2n) is 7.50. The van der Waals surface area contributed by atoms with Gasteiger partial charge in [0.1, 0.15) is 0 Å². The van der Waals surface area contributed by atoms with Crippen molar-refractivity contribution in [3.63, 3.8) is 0 Å². The minimum Gasteiger partial charge on any atom is -0.454 e. The van der Waals surface area contributed by atoms with Crippen LogP contribution in [0.5, 0.6) is 11.5 Å². The van der Waals surface area contributed by atoms with Crippen LogP contribution in [0.2, 0.25) is 0 Å². The summed E-state index contributed by atoms with van der Waals surface area (Å²) in [5.74, 6) is 1.62. The topological polar surface area (TPSA) is 21.7 Å². The predicted molar refractivity (Wildman–Crippen MR) is 105 cm³/mol. The van der Waals surface area contributed by atoms with Gasteiger partial charge in [0, 0.05) is 29.9 Å². The summed E-state index contributed by atoms with van der Waals surface area (Å²) in [7, 11) is 2.09. The van der Waals surface area contributed by atoms with Crippen molar-refractivity contribution >= 4 is 11.4 Å². The van der Waals surface area contributed by atoms with Crippen LogP contribution in [-0.4, -0.2) is 13.8 Å². The lowest BCUT2D eigenvalue weighted by Gasteiger charge is -2.25. The number of nitrogens with zero attached hydrogens (tertiary/aromatic N) is 1. The first-order chi connectivity index (χ1) is 12.6. The van der Waals surface area contributed by atoms with E-state index < -0.39 is 0 Å². The van der Waals surface area contributed by atoms with E-state index in [1.807, 2.05) is 12.1 Å². The highest BCUT2D eigenvalue weighted by molar-refractivity contribution is 5.83. The number of ether oxygens (including phenoxy) is 2. The Labute approximate surface area is 153 Å². The summed E-state index contributed by atoms with van der Waals surface area (Å²) in [6, 6.07) is 21.6. The summed E-state index contributed by atoms with van der Waals surface area (Å²) in [5, 5.41) is 0. The highest BCUT2D eigenvalue weighted by atomic mass is 16.7. The molecule has 0 saturated heterocycles. The fourth-order valence-corrected chi connectivity index (χ4v) is 4.14. The van der Waals surface area contributed by atoms with Crippen molar-refractivity contribution in [1.29, 1.82) is 0 Å². The van der Waals surface area contributed by atoms with E-state index in [4.69, 9.17) is 9.47 Å². The Morgan fingerprint density at radius 3 is 2.35 bits per heavy atom. The third-order valence-electron chi connectivity index (χ3n) is 5.70. The lowest BCUT2D eigenvalue weighted by molar-refractivity contribution is 0.174. The fraction of sp³-hybridized carbons (Fsp3) is 0.217. The van der Waals surface area contributed by atoms with E-state index >= 15 is 0 Å². The largest absolute Gasteiger partial charge is 0.454 e. The van der Waals surface area contributed by atoms with E-state index in [0.717, 1.165) is 17.2 Å². The van der Waals surface area contributed by atoms with Gasteiger partial charge in [-0.1, -0.05) is 44.2 Å². The molecule has 1 aliphatic heterocycles. The molecule has 3 aromatic carbocycles. The van der Waals surface area contributed by atoms with E-state index in [1.54, 1.807) is 0 Å². The molecule has 5 rings (SSSR count). The van der Waals surface area contributed by atoms with E-state index in [2.05, 4.69) is 74.3 Å². The summed E-state index contributed by atoms with van der Waals surface area (Å²) < 4.78 is 10.9. The zero-order valence-corrected chi connectivity index (χ0v) is 15.2. The maximum atomic E-state index is 5.53. The summed E-state index contributed by atoms with van der Waals surface area (Å²) in [6.07, 6.45) is 0. The van der Waals surface area contributed by atoms with Crippen LogP contribution in [0, 0.1) is 0 Å². The van der Waals surface area contributed by atoms with Crippen molar-refractivity contribution in [3.05, 3.63) is 71.8 Å². The highest BCUT2D eigenvalue weighted by Crippen LogP contribution is 2.49. The number of hydrogen-bond acceptors (Lipinski definition) is 3. The predicted octanol–water partition coefficient (Wildman–Crippen LogP) is 5.49. The molecule has 0 saturated carbocycles. The van der Waals surface area contributed by atoms with E-state index in [0.29, 0.717) is 6.79 Å². The molecule has 3 heteroatoms. The van der Waals surface area contributed by atoms with Gasteiger partial charge in [-0.05, 0) is 46.5 Å². The summed E-state index contributed by atoms with van der Waals surface area (Å²) in [6.45, 7) is 4.91. The Morgan fingerprint density at radius 1 is 0.769 bits per heavy atom. The summed E-state index contributed by atoms with van der Waals surface area (Å²) in [5.41, 5.74) is 7.74. The second kappa shape index (κ2) is 5.28. The minimum absolute atomic E-state index is 0.0116. The van der Waals surface area contributed by atoms with Gasteiger partial charge in [0.2, 0.25) is 6.79 Å². The third kappa shape index (κ3) is 2.07. The van der Waals surface area contributed by atoms with Crippen LogP contribution in [-0.2, 0) is 5.41 Å². The maximum absolute atomic E-state index is 5.53. The van der Waals surface area contributed by atoms with Crippen LogP contribution in [0.1, 0.15) is 25.0 Å². The van der Waals surface area contributed by atoms with Gasteiger partial charge < -0.3 is 14.4 Å². The molecule has 0 radical (unpaired) electrons. The number of rotatable bonds is 2. The van der Waals surface area contributed by atoms with E-state index in [-0.39, 0.29) is 5.41 Å². The lowest BCUT2D eigenvalue weighted by Crippen LogP contribution is -2.16. The smallest absolute Gasteiger partial charge is 0.231 e. The molecule has 130 valence electrons. The molecule has 26 heavy (non-hydrogen) atoms. The molecule has 0 bridgehead atoms. The molecule has 3 aromatic rings. The van der Waals surface area contributed by atoms with Crippen molar-refractivity contribution in [2.75, 3.05) is 18.7 Å². The van der Waals surface area contributed by atoms with Crippen LogP contribution in [0.4, 0.5) is 11.4 Å². The standard InChI is InChI=1S/C23H21NO2/c1-23(2)19-7-5-4-6-17(19)18-10-8-15(12-20(18)23)24(3)16-9-11-21-22(13-16)26-14-25-21/h4-13H,14H2,1-3H3. The van der Waals surface area contributed by atoms with Crippen molar-refractivity contribution in [1.82, 2.24) is 0 Å². The van der Waals surface area contributed by atoms with Crippen LogP contribution in [0.15, 0.2) is 60.7 Å². The van der Waals surface area contributed by atoms with E-state index in [1.165, 1.54) is 27.9 Å². The zero-order chi connectivity index (χ0) is 17.9.